The maximum Gasteiger partial charge on any atom is 0.0571 e. The molecule has 3 atom stereocenters. The summed E-state index contributed by atoms with van der Waals surface area (Å²) in [6.07, 6.45) is 4.23. The van der Waals surface area contributed by atoms with Gasteiger partial charge in [-0.25, -0.2) is 0 Å². The van der Waals surface area contributed by atoms with Gasteiger partial charge in [0.1, 0.15) is 0 Å². The van der Waals surface area contributed by atoms with Crippen LogP contribution in [0.4, 0.5) is 0 Å². The van der Waals surface area contributed by atoms with Crippen molar-refractivity contribution in [3.8, 4) is 0 Å². The summed E-state index contributed by atoms with van der Waals surface area (Å²) in [5.41, 5.74) is 1.33. The molecule has 18 heavy (non-hydrogen) atoms. The average molecular weight is 311 g/mol. The first-order valence-electron chi connectivity index (χ1n) is 6.98. The van der Waals surface area contributed by atoms with Crippen LogP contribution in [0.5, 0.6) is 0 Å². The Labute approximate surface area is 119 Å². The van der Waals surface area contributed by atoms with Crippen LogP contribution in [0.1, 0.15) is 38.7 Å². The fraction of sp³-hybridized carbons (Fsp3) is 0.625. The van der Waals surface area contributed by atoms with E-state index in [0.29, 0.717) is 5.92 Å². The number of hydrogen-bond acceptors (Lipinski definition) is 1. The predicted molar refractivity (Wildman–Crippen MR) is 79.5 cm³/mol. The highest BCUT2D eigenvalue weighted by molar-refractivity contribution is 9.10. The maximum atomic E-state index is 10.2. The van der Waals surface area contributed by atoms with E-state index < -0.39 is 0 Å². The molecule has 2 heteroatoms. The highest BCUT2D eigenvalue weighted by atomic mass is 79.9. The Bertz CT molecular complexity index is 388. The molecule has 100 valence electrons. The smallest absolute Gasteiger partial charge is 0.0571 e. The lowest BCUT2D eigenvalue weighted by molar-refractivity contribution is 0.0378. The Morgan fingerprint density at radius 2 is 2.11 bits per heavy atom. The summed E-state index contributed by atoms with van der Waals surface area (Å²) in [6, 6.07) is 8.47. The average Bonchev–Trinajstić information content (AvgIpc) is 2.31. The summed E-state index contributed by atoms with van der Waals surface area (Å²) in [5.74, 6) is 1.95. The summed E-state index contributed by atoms with van der Waals surface area (Å²) < 4.78 is 1.13. The van der Waals surface area contributed by atoms with Crippen LogP contribution in [-0.4, -0.2) is 11.2 Å². The van der Waals surface area contributed by atoms with Crippen molar-refractivity contribution in [2.75, 3.05) is 0 Å². The minimum absolute atomic E-state index is 0.112. The van der Waals surface area contributed by atoms with Gasteiger partial charge in [-0.1, -0.05) is 41.9 Å². The highest BCUT2D eigenvalue weighted by Crippen LogP contribution is 2.35. The van der Waals surface area contributed by atoms with E-state index in [1.807, 2.05) is 0 Å². The van der Waals surface area contributed by atoms with E-state index >= 15 is 0 Å². The third-order valence-corrected chi connectivity index (χ3v) is 4.81. The summed E-state index contributed by atoms with van der Waals surface area (Å²) in [4.78, 5) is 0. The summed E-state index contributed by atoms with van der Waals surface area (Å²) in [5, 5.41) is 10.2. The number of hydrogen-bond donors (Lipinski definition) is 1. The Morgan fingerprint density at radius 1 is 1.33 bits per heavy atom. The van der Waals surface area contributed by atoms with Crippen molar-refractivity contribution >= 4 is 15.9 Å². The van der Waals surface area contributed by atoms with Crippen molar-refractivity contribution in [2.24, 2.45) is 17.8 Å². The monoisotopic (exact) mass is 310 g/mol. The standard InChI is InChI=1S/C16H23BrO/c1-11(2)13-6-7-16(18)14(10-13)8-12-4-3-5-15(17)9-12/h3-5,9,11,13-14,16,18H,6-8,10H2,1-2H3. The van der Waals surface area contributed by atoms with E-state index in [2.05, 4.69) is 54.0 Å². The highest BCUT2D eigenvalue weighted by Gasteiger charge is 2.30. The molecule has 2 rings (SSSR count). The van der Waals surface area contributed by atoms with Crippen LogP contribution >= 0.6 is 15.9 Å². The van der Waals surface area contributed by atoms with Gasteiger partial charge in [-0.2, -0.15) is 0 Å². The molecule has 0 aromatic heterocycles. The number of aliphatic hydroxyl groups is 1. The second kappa shape index (κ2) is 6.21. The van der Waals surface area contributed by atoms with Crippen LogP contribution in [0.25, 0.3) is 0 Å². The van der Waals surface area contributed by atoms with E-state index in [9.17, 15) is 5.11 Å². The minimum atomic E-state index is -0.112. The second-order valence-corrected chi connectivity index (χ2v) is 6.89. The van der Waals surface area contributed by atoms with Crippen LogP contribution < -0.4 is 0 Å². The molecule has 0 aliphatic heterocycles. The Kier molecular flexibility index (Phi) is 4.85. The molecule has 1 aromatic rings. The van der Waals surface area contributed by atoms with Gasteiger partial charge in [-0.3, -0.25) is 0 Å². The lowest BCUT2D eigenvalue weighted by atomic mass is 9.73. The van der Waals surface area contributed by atoms with E-state index in [1.165, 1.54) is 18.4 Å². The molecule has 0 spiro atoms. The number of benzene rings is 1. The molecule has 1 aliphatic carbocycles. The Morgan fingerprint density at radius 3 is 2.78 bits per heavy atom. The maximum absolute atomic E-state index is 10.2. The molecule has 0 amide bonds. The van der Waals surface area contributed by atoms with Gasteiger partial charge in [0, 0.05) is 4.47 Å². The van der Waals surface area contributed by atoms with Gasteiger partial charge in [0.15, 0.2) is 0 Å². The van der Waals surface area contributed by atoms with Gasteiger partial charge < -0.3 is 5.11 Å². The molecule has 1 aliphatic rings. The summed E-state index contributed by atoms with van der Waals surface area (Å²) >= 11 is 3.51. The number of halogens is 1. The van der Waals surface area contributed by atoms with Crippen LogP contribution in [-0.2, 0) is 6.42 Å². The van der Waals surface area contributed by atoms with Gasteiger partial charge in [-0.05, 0) is 61.1 Å². The Balaban J connectivity index is 2.02. The first kappa shape index (κ1) is 14.1. The minimum Gasteiger partial charge on any atom is -0.393 e. The van der Waals surface area contributed by atoms with Crippen LogP contribution in [0.15, 0.2) is 28.7 Å². The van der Waals surface area contributed by atoms with Crippen LogP contribution in [0, 0.1) is 17.8 Å². The first-order valence-corrected chi connectivity index (χ1v) is 7.78. The topological polar surface area (TPSA) is 20.2 Å². The molecule has 1 aromatic carbocycles. The van der Waals surface area contributed by atoms with Crippen molar-refractivity contribution in [1.82, 2.24) is 0 Å². The fourth-order valence-corrected chi connectivity index (χ4v) is 3.52. The zero-order chi connectivity index (χ0) is 13.1. The van der Waals surface area contributed by atoms with Gasteiger partial charge in [0.2, 0.25) is 0 Å². The summed E-state index contributed by atoms with van der Waals surface area (Å²) in [7, 11) is 0. The van der Waals surface area contributed by atoms with E-state index in [1.54, 1.807) is 0 Å². The molecule has 3 unspecified atom stereocenters. The summed E-state index contributed by atoms with van der Waals surface area (Å²) in [6.45, 7) is 4.61. The van der Waals surface area contributed by atoms with E-state index in [-0.39, 0.29) is 6.10 Å². The molecular weight excluding hydrogens is 288 g/mol. The molecule has 1 N–H and O–H groups in total. The van der Waals surface area contributed by atoms with Gasteiger partial charge >= 0.3 is 0 Å². The molecule has 1 fully saturated rings. The van der Waals surface area contributed by atoms with Crippen molar-refractivity contribution in [3.63, 3.8) is 0 Å². The molecule has 0 radical (unpaired) electrons. The number of rotatable bonds is 3. The Hall–Kier alpha value is -0.340. The van der Waals surface area contributed by atoms with E-state index in [0.717, 1.165) is 29.2 Å². The molecule has 0 saturated heterocycles. The van der Waals surface area contributed by atoms with Crippen molar-refractivity contribution in [2.45, 2.75) is 45.6 Å². The number of aliphatic hydroxyl groups excluding tert-OH is 1. The lowest BCUT2D eigenvalue weighted by Gasteiger charge is -2.35. The molecule has 1 nitrogen and oxygen atoms in total. The van der Waals surface area contributed by atoms with Crippen molar-refractivity contribution < 1.29 is 5.11 Å². The van der Waals surface area contributed by atoms with E-state index in [4.69, 9.17) is 0 Å². The lowest BCUT2D eigenvalue weighted by Crippen LogP contribution is -2.32. The normalized spacial score (nSPS) is 28.6. The molecular formula is C16H23BrO. The molecule has 1 saturated carbocycles. The van der Waals surface area contributed by atoms with Gasteiger partial charge in [-0.15, -0.1) is 0 Å². The molecule has 0 heterocycles. The van der Waals surface area contributed by atoms with Crippen LogP contribution in [0.3, 0.4) is 0 Å². The quantitative estimate of drug-likeness (QED) is 0.876. The molecule has 0 bridgehead atoms. The predicted octanol–water partition coefficient (Wildman–Crippen LogP) is 4.42. The van der Waals surface area contributed by atoms with Crippen molar-refractivity contribution in [1.29, 1.82) is 0 Å². The second-order valence-electron chi connectivity index (χ2n) is 5.98. The fourth-order valence-electron chi connectivity index (χ4n) is 3.08. The van der Waals surface area contributed by atoms with Crippen molar-refractivity contribution in [3.05, 3.63) is 34.3 Å². The first-order chi connectivity index (χ1) is 8.56. The third-order valence-electron chi connectivity index (χ3n) is 4.31. The third kappa shape index (κ3) is 3.58. The largest absolute Gasteiger partial charge is 0.393 e. The zero-order valence-corrected chi connectivity index (χ0v) is 12.9. The van der Waals surface area contributed by atoms with Gasteiger partial charge in [0.25, 0.3) is 0 Å². The van der Waals surface area contributed by atoms with Crippen LogP contribution in [0.2, 0.25) is 0 Å². The zero-order valence-electron chi connectivity index (χ0n) is 11.3. The van der Waals surface area contributed by atoms with Gasteiger partial charge in [0.05, 0.1) is 6.10 Å². The SMILES string of the molecule is CC(C)C1CCC(O)C(Cc2cccc(Br)c2)C1.